The molecule has 5 nitrogen and oxygen atoms in total. The van der Waals surface area contributed by atoms with E-state index in [0.29, 0.717) is 23.7 Å². The van der Waals surface area contributed by atoms with Crippen LogP contribution in [0.3, 0.4) is 0 Å². The van der Waals surface area contributed by atoms with Gasteiger partial charge in [-0.05, 0) is 31.3 Å². The van der Waals surface area contributed by atoms with Gasteiger partial charge in [-0.2, -0.15) is 0 Å². The fourth-order valence-electron chi connectivity index (χ4n) is 2.35. The van der Waals surface area contributed by atoms with Crippen molar-refractivity contribution in [2.75, 3.05) is 33.1 Å². The van der Waals surface area contributed by atoms with Crippen LogP contribution in [0.2, 0.25) is 5.02 Å². The van der Waals surface area contributed by atoms with E-state index in [9.17, 15) is 9.18 Å². The second kappa shape index (κ2) is 8.69. The van der Waals surface area contributed by atoms with E-state index in [2.05, 4.69) is 5.32 Å². The molecule has 0 fully saturated rings. The van der Waals surface area contributed by atoms with Crippen LogP contribution in [0.4, 0.5) is 10.1 Å². The van der Waals surface area contributed by atoms with Crippen molar-refractivity contribution in [3.63, 3.8) is 0 Å². The first-order valence-electron chi connectivity index (χ1n) is 7.57. The zero-order chi connectivity index (χ0) is 18.4. The van der Waals surface area contributed by atoms with E-state index in [1.54, 1.807) is 20.3 Å². The number of likely N-dealkylation sites (N-methyl/N-ethyl adjacent to an activating group) is 1. The Morgan fingerprint density at radius 2 is 1.96 bits per heavy atom. The number of nitrogens with zero attached hydrogens (tertiary/aromatic N) is 1. The third-order valence-corrected chi connectivity index (χ3v) is 3.87. The van der Waals surface area contributed by atoms with Gasteiger partial charge in [0.25, 0.3) is 0 Å². The average Bonchev–Trinajstić information content (AvgIpc) is 2.57. The maximum Gasteiger partial charge on any atom is 0.238 e. The lowest BCUT2D eigenvalue weighted by atomic mass is 10.2. The van der Waals surface area contributed by atoms with Gasteiger partial charge in [0.1, 0.15) is 17.3 Å². The number of ether oxygens (including phenoxy) is 2. The number of hydrogen-bond donors (Lipinski definition) is 1. The minimum atomic E-state index is -0.452. The standard InChI is InChI=1S/C18H20ClFN2O3/c1-22(10-12-4-6-14(24-2)9-17(12)25-3)11-18(23)21-16-7-5-13(20)8-15(16)19/h4-9H,10-11H2,1-3H3,(H,21,23). The Balaban J connectivity index is 1.97. The quantitative estimate of drug-likeness (QED) is 0.814. The summed E-state index contributed by atoms with van der Waals surface area (Å²) >= 11 is 5.91. The van der Waals surface area contributed by atoms with Crippen molar-refractivity contribution in [1.82, 2.24) is 4.90 Å². The van der Waals surface area contributed by atoms with Gasteiger partial charge in [0.15, 0.2) is 0 Å². The van der Waals surface area contributed by atoms with Crippen molar-refractivity contribution in [1.29, 1.82) is 0 Å². The topological polar surface area (TPSA) is 50.8 Å². The van der Waals surface area contributed by atoms with Crippen LogP contribution in [0.25, 0.3) is 0 Å². The highest BCUT2D eigenvalue weighted by molar-refractivity contribution is 6.33. The Morgan fingerprint density at radius 1 is 1.20 bits per heavy atom. The number of carbonyl (C=O) groups is 1. The van der Waals surface area contributed by atoms with E-state index in [0.717, 1.165) is 11.6 Å². The highest BCUT2D eigenvalue weighted by atomic mass is 35.5. The monoisotopic (exact) mass is 366 g/mol. The van der Waals surface area contributed by atoms with Crippen molar-refractivity contribution in [2.24, 2.45) is 0 Å². The van der Waals surface area contributed by atoms with E-state index >= 15 is 0 Å². The Morgan fingerprint density at radius 3 is 2.60 bits per heavy atom. The fraction of sp³-hybridized carbons (Fsp3) is 0.278. The minimum absolute atomic E-state index is 0.142. The van der Waals surface area contributed by atoms with Crippen LogP contribution in [0.5, 0.6) is 11.5 Å². The fourth-order valence-corrected chi connectivity index (χ4v) is 2.57. The molecule has 0 unspecified atom stereocenters. The highest BCUT2D eigenvalue weighted by Crippen LogP contribution is 2.26. The molecule has 2 aromatic carbocycles. The second-order valence-corrected chi connectivity index (χ2v) is 5.93. The van der Waals surface area contributed by atoms with Gasteiger partial charge in [0.2, 0.25) is 5.91 Å². The molecular formula is C18H20ClFN2O3. The largest absolute Gasteiger partial charge is 0.497 e. The molecule has 0 radical (unpaired) electrons. The Hall–Kier alpha value is -2.31. The summed E-state index contributed by atoms with van der Waals surface area (Å²) in [7, 11) is 4.99. The number of rotatable bonds is 7. The van der Waals surface area contributed by atoms with Gasteiger partial charge < -0.3 is 14.8 Å². The number of methoxy groups -OCH3 is 2. The molecule has 0 aliphatic rings. The molecule has 1 N–H and O–H groups in total. The van der Waals surface area contributed by atoms with Gasteiger partial charge in [-0.1, -0.05) is 17.7 Å². The van der Waals surface area contributed by atoms with Crippen molar-refractivity contribution in [2.45, 2.75) is 6.54 Å². The average molecular weight is 367 g/mol. The summed E-state index contributed by atoms with van der Waals surface area (Å²) < 4.78 is 23.6. The molecule has 2 rings (SSSR count). The first-order valence-corrected chi connectivity index (χ1v) is 7.95. The van der Waals surface area contributed by atoms with Gasteiger partial charge in [-0.3, -0.25) is 9.69 Å². The first kappa shape index (κ1) is 19.0. The lowest BCUT2D eigenvalue weighted by Gasteiger charge is -2.18. The lowest BCUT2D eigenvalue weighted by Crippen LogP contribution is -2.30. The predicted octanol–water partition coefficient (Wildman–Crippen LogP) is 3.57. The molecule has 2 aromatic rings. The summed E-state index contributed by atoms with van der Waals surface area (Å²) in [6, 6.07) is 9.35. The molecular weight excluding hydrogens is 347 g/mol. The smallest absolute Gasteiger partial charge is 0.238 e. The Labute approximate surface area is 151 Å². The summed E-state index contributed by atoms with van der Waals surface area (Å²) in [4.78, 5) is 14.0. The molecule has 0 aromatic heterocycles. The number of amides is 1. The molecule has 25 heavy (non-hydrogen) atoms. The maximum atomic E-state index is 13.0. The Bertz CT molecular complexity index is 755. The lowest BCUT2D eigenvalue weighted by molar-refractivity contribution is -0.117. The molecule has 0 heterocycles. The molecule has 0 spiro atoms. The van der Waals surface area contributed by atoms with Crippen LogP contribution in [0, 0.1) is 5.82 Å². The third-order valence-electron chi connectivity index (χ3n) is 3.55. The van der Waals surface area contributed by atoms with E-state index < -0.39 is 5.82 Å². The van der Waals surface area contributed by atoms with Gasteiger partial charge >= 0.3 is 0 Å². The van der Waals surface area contributed by atoms with Crippen LogP contribution < -0.4 is 14.8 Å². The summed E-state index contributed by atoms with van der Waals surface area (Å²) in [5.74, 6) is 0.690. The molecule has 0 aliphatic carbocycles. The first-order chi connectivity index (χ1) is 11.9. The molecule has 1 amide bonds. The molecule has 0 saturated carbocycles. The number of benzene rings is 2. The van der Waals surface area contributed by atoms with Crippen molar-refractivity contribution in [3.8, 4) is 11.5 Å². The van der Waals surface area contributed by atoms with Crippen LogP contribution >= 0.6 is 11.6 Å². The second-order valence-electron chi connectivity index (χ2n) is 5.52. The summed E-state index contributed by atoms with van der Waals surface area (Å²) in [6.45, 7) is 0.653. The number of carbonyl (C=O) groups excluding carboxylic acids is 1. The molecule has 7 heteroatoms. The Kier molecular flexibility index (Phi) is 6.61. The van der Waals surface area contributed by atoms with Crippen LogP contribution in [-0.4, -0.2) is 38.6 Å². The van der Waals surface area contributed by atoms with Gasteiger partial charge in [-0.15, -0.1) is 0 Å². The molecule has 0 saturated heterocycles. The van der Waals surface area contributed by atoms with E-state index in [-0.39, 0.29) is 17.5 Å². The number of nitrogens with one attached hydrogen (secondary N) is 1. The maximum absolute atomic E-state index is 13.0. The van der Waals surface area contributed by atoms with Crippen molar-refractivity contribution in [3.05, 3.63) is 52.8 Å². The zero-order valence-electron chi connectivity index (χ0n) is 14.3. The normalized spacial score (nSPS) is 10.6. The van der Waals surface area contributed by atoms with E-state index in [1.807, 2.05) is 24.1 Å². The number of anilines is 1. The summed E-state index contributed by atoms with van der Waals surface area (Å²) in [6.07, 6.45) is 0. The minimum Gasteiger partial charge on any atom is -0.497 e. The third kappa shape index (κ3) is 5.34. The zero-order valence-corrected chi connectivity index (χ0v) is 15.1. The van der Waals surface area contributed by atoms with Gasteiger partial charge in [-0.25, -0.2) is 4.39 Å². The predicted molar refractivity (Wildman–Crippen MR) is 95.9 cm³/mol. The molecule has 0 bridgehead atoms. The number of hydrogen-bond acceptors (Lipinski definition) is 4. The molecule has 0 atom stereocenters. The van der Waals surface area contributed by atoms with Gasteiger partial charge in [0.05, 0.1) is 31.5 Å². The molecule has 134 valence electrons. The highest BCUT2D eigenvalue weighted by Gasteiger charge is 2.12. The van der Waals surface area contributed by atoms with Crippen molar-refractivity contribution < 1.29 is 18.7 Å². The van der Waals surface area contributed by atoms with Gasteiger partial charge in [0, 0.05) is 18.2 Å². The van der Waals surface area contributed by atoms with E-state index in [1.165, 1.54) is 12.1 Å². The number of halogens is 2. The van der Waals surface area contributed by atoms with Crippen LogP contribution in [0.1, 0.15) is 5.56 Å². The summed E-state index contributed by atoms with van der Waals surface area (Å²) in [5.41, 5.74) is 1.31. The summed E-state index contributed by atoms with van der Waals surface area (Å²) in [5, 5.41) is 2.83. The van der Waals surface area contributed by atoms with Crippen molar-refractivity contribution >= 4 is 23.2 Å². The van der Waals surface area contributed by atoms with Crippen LogP contribution in [-0.2, 0) is 11.3 Å². The molecule has 0 aliphatic heterocycles. The SMILES string of the molecule is COc1ccc(CN(C)CC(=O)Nc2ccc(F)cc2Cl)c(OC)c1. The van der Waals surface area contributed by atoms with Crippen LogP contribution in [0.15, 0.2) is 36.4 Å². The van der Waals surface area contributed by atoms with E-state index in [4.69, 9.17) is 21.1 Å².